The highest BCUT2D eigenvalue weighted by Gasteiger charge is 2.24. The first-order valence-corrected chi connectivity index (χ1v) is 11.4. The topological polar surface area (TPSA) is 60.7 Å². The van der Waals surface area contributed by atoms with Crippen LogP contribution in [-0.2, 0) is 7.05 Å². The van der Waals surface area contributed by atoms with Crippen molar-refractivity contribution in [3.8, 4) is 0 Å². The summed E-state index contributed by atoms with van der Waals surface area (Å²) in [6.45, 7) is 4.54. The van der Waals surface area contributed by atoms with E-state index in [4.69, 9.17) is 0 Å². The number of hydrogen-bond acceptors (Lipinski definition) is 4. The van der Waals surface area contributed by atoms with Crippen molar-refractivity contribution in [2.75, 3.05) is 47.3 Å². The van der Waals surface area contributed by atoms with Gasteiger partial charge in [-0.25, -0.2) is 0 Å². The molecule has 2 fully saturated rings. The number of aromatic nitrogens is 2. The van der Waals surface area contributed by atoms with Gasteiger partial charge in [-0.05, 0) is 45.7 Å². The van der Waals surface area contributed by atoms with Crippen LogP contribution in [0.3, 0.4) is 0 Å². The van der Waals surface area contributed by atoms with Gasteiger partial charge in [-0.2, -0.15) is 5.10 Å². The molecule has 1 atom stereocenters. The number of aliphatic imine (C=N–C) groups is 1. The second-order valence-electron chi connectivity index (χ2n) is 9.10. The van der Waals surface area contributed by atoms with Crippen LogP contribution in [0.1, 0.15) is 56.6 Å². The first kappa shape index (κ1) is 22.1. The van der Waals surface area contributed by atoms with Crippen LogP contribution in [0.5, 0.6) is 0 Å². The summed E-state index contributed by atoms with van der Waals surface area (Å²) in [5, 5.41) is 11.5. The number of aryl methyl sites for hydroxylation is 1. The fourth-order valence-electron chi connectivity index (χ4n) is 4.79. The molecule has 1 aromatic heterocycles. The summed E-state index contributed by atoms with van der Waals surface area (Å²) in [4.78, 5) is 9.38. The molecule has 2 heterocycles. The van der Waals surface area contributed by atoms with Crippen molar-refractivity contribution in [3.05, 3.63) is 18.0 Å². The Balaban J connectivity index is 1.42. The molecule has 1 saturated heterocycles. The van der Waals surface area contributed by atoms with Crippen LogP contribution in [0.15, 0.2) is 17.4 Å². The van der Waals surface area contributed by atoms with Crippen LogP contribution in [-0.4, -0.2) is 78.9 Å². The molecular formula is C22H41N7. The number of guanidine groups is 1. The minimum Gasteiger partial charge on any atom is -0.354 e. The maximum atomic E-state index is 4.47. The molecule has 7 heteroatoms. The molecule has 0 amide bonds. The van der Waals surface area contributed by atoms with Crippen LogP contribution >= 0.6 is 0 Å². The molecule has 3 rings (SSSR count). The van der Waals surface area contributed by atoms with Crippen LogP contribution in [0.25, 0.3) is 0 Å². The van der Waals surface area contributed by atoms with Crippen LogP contribution in [0, 0.1) is 5.92 Å². The molecule has 2 aliphatic rings. The smallest absolute Gasteiger partial charge is 0.191 e. The molecule has 0 aromatic carbocycles. The van der Waals surface area contributed by atoms with Gasteiger partial charge in [0.1, 0.15) is 0 Å². The summed E-state index contributed by atoms with van der Waals surface area (Å²) in [5.74, 6) is 1.85. The second-order valence-corrected chi connectivity index (χ2v) is 9.10. The van der Waals surface area contributed by atoms with Gasteiger partial charge < -0.3 is 20.4 Å². The fourth-order valence-corrected chi connectivity index (χ4v) is 4.79. The zero-order chi connectivity index (χ0) is 20.6. The standard InChI is InChI=1S/C22H41N7/c1-23-22(24-15-21(27(2)3)19-14-25-28(4)17-19)26-20-10-12-29(13-11-20)16-18-8-6-5-7-9-18/h14,17-18,20-21H,5-13,15-16H2,1-4H3,(H2,23,24,26). The molecule has 2 N–H and O–H groups in total. The van der Waals surface area contributed by atoms with E-state index >= 15 is 0 Å². The van der Waals surface area contributed by atoms with Gasteiger partial charge in [0.25, 0.3) is 0 Å². The molecule has 164 valence electrons. The average Bonchev–Trinajstić information content (AvgIpc) is 3.15. The van der Waals surface area contributed by atoms with Gasteiger partial charge in [-0.3, -0.25) is 9.67 Å². The third kappa shape index (κ3) is 6.71. The summed E-state index contributed by atoms with van der Waals surface area (Å²) in [6, 6.07) is 0.777. The maximum Gasteiger partial charge on any atom is 0.191 e. The molecule has 0 radical (unpaired) electrons. The van der Waals surface area contributed by atoms with Gasteiger partial charge in [0, 0.05) is 58.1 Å². The Labute approximate surface area is 176 Å². The Morgan fingerprint density at radius 1 is 1.21 bits per heavy atom. The number of hydrogen-bond donors (Lipinski definition) is 2. The van der Waals surface area contributed by atoms with Gasteiger partial charge >= 0.3 is 0 Å². The molecule has 1 aliphatic carbocycles. The lowest BCUT2D eigenvalue weighted by atomic mass is 9.88. The largest absolute Gasteiger partial charge is 0.354 e. The van der Waals surface area contributed by atoms with E-state index in [-0.39, 0.29) is 6.04 Å². The highest BCUT2D eigenvalue weighted by molar-refractivity contribution is 5.80. The molecule has 1 saturated carbocycles. The van der Waals surface area contributed by atoms with Gasteiger partial charge in [-0.1, -0.05) is 19.3 Å². The van der Waals surface area contributed by atoms with E-state index in [0.717, 1.165) is 18.4 Å². The summed E-state index contributed by atoms with van der Waals surface area (Å²) < 4.78 is 1.86. The Morgan fingerprint density at radius 3 is 2.52 bits per heavy atom. The van der Waals surface area contributed by atoms with Crippen molar-refractivity contribution in [3.63, 3.8) is 0 Å². The molecular weight excluding hydrogens is 362 g/mol. The predicted molar refractivity (Wildman–Crippen MR) is 120 cm³/mol. The highest BCUT2D eigenvalue weighted by atomic mass is 15.3. The first-order chi connectivity index (χ1) is 14.0. The van der Waals surface area contributed by atoms with Crippen LogP contribution in [0.2, 0.25) is 0 Å². The molecule has 0 bridgehead atoms. The molecule has 7 nitrogen and oxygen atoms in total. The van der Waals surface area contributed by atoms with E-state index in [2.05, 4.69) is 50.8 Å². The van der Waals surface area contributed by atoms with Crippen LogP contribution in [0.4, 0.5) is 0 Å². The van der Waals surface area contributed by atoms with Gasteiger partial charge in [-0.15, -0.1) is 0 Å². The number of nitrogens with one attached hydrogen (secondary N) is 2. The molecule has 29 heavy (non-hydrogen) atoms. The number of piperidine rings is 1. The minimum atomic E-state index is 0.264. The van der Waals surface area contributed by atoms with E-state index in [1.54, 1.807) is 0 Å². The third-order valence-electron chi connectivity index (χ3n) is 6.59. The van der Waals surface area contributed by atoms with E-state index in [9.17, 15) is 0 Å². The molecule has 1 aromatic rings. The van der Waals surface area contributed by atoms with E-state index in [0.29, 0.717) is 6.04 Å². The van der Waals surface area contributed by atoms with E-state index in [1.807, 2.05) is 25.0 Å². The molecule has 0 spiro atoms. The third-order valence-corrected chi connectivity index (χ3v) is 6.59. The molecule has 1 aliphatic heterocycles. The lowest BCUT2D eigenvalue weighted by molar-refractivity contribution is 0.160. The number of nitrogens with zero attached hydrogens (tertiary/aromatic N) is 5. The fraction of sp³-hybridized carbons (Fsp3) is 0.818. The SMILES string of the molecule is CN=C(NCC(c1cnn(C)c1)N(C)C)NC1CCN(CC2CCCCC2)CC1. The normalized spacial score (nSPS) is 21.5. The van der Waals surface area contributed by atoms with Gasteiger partial charge in [0.2, 0.25) is 0 Å². The van der Waals surface area contributed by atoms with Crippen molar-refractivity contribution >= 4 is 5.96 Å². The Hall–Kier alpha value is -1.60. The first-order valence-electron chi connectivity index (χ1n) is 11.4. The lowest BCUT2D eigenvalue weighted by Gasteiger charge is -2.36. The minimum absolute atomic E-state index is 0.264. The number of rotatable bonds is 7. The van der Waals surface area contributed by atoms with Gasteiger partial charge in [0.15, 0.2) is 5.96 Å². The summed E-state index contributed by atoms with van der Waals surface area (Å²) >= 11 is 0. The monoisotopic (exact) mass is 403 g/mol. The zero-order valence-corrected chi connectivity index (χ0v) is 18.9. The highest BCUT2D eigenvalue weighted by Crippen LogP contribution is 2.25. The summed E-state index contributed by atoms with van der Waals surface area (Å²) in [7, 11) is 8.04. The van der Waals surface area contributed by atoms with Crippen molar-refractivity contribution in [1.29, 1.82) is 0 Å². The van der Waals surface area contributed by atoms with Crippen molar-refractivity contribution < 1.29 is 0 Å². The van der Waals surface area contributed by atoms with E-state index < -0.39 is 0 Å². The quantitative estimate of drug-likeness (QED) is 0.540. The van der Waals surface area contributed by atoms with Gasteiger partial charge in [0.05, 0.1) is 12.2 Å². The summed E-state index contributed by atoms with van der Waals surface area (Å²) in [5.41, 5.74) is 1.22. The average molecular weight is 404 g/mol. The predicted octanol–water partition coefficient (Wildman–Crippen LogP) is 2.23. The Morgan fingerprint density at radius 2 is 1.93 bits per heavy atom. The Kier molecular flexibility index (Phi) is 8.36. The summed E-state index contributed by atoms with van der Waals surface area (Å²) in [6.07, 6.45) is 13.7. The maximum absolute atomic E-state index is 4.47. The lowest BCUT2D eigenvalue weighted by Crippen LogP contribution is -2.50. The van der Waals surface area contributed by atoms with E-state index in [1.165, 1.54) is 70.1 Å². The second kappa shape index (κ2) is 11.0. The van der Waals surface area contributed by atoms with Crippen LogP contribution < -0.4 is 10.6 Å². The Bertz CT molecular complexity index is 625. The van der Waals surface area contributed by atoms with Crippen molar-refractivity contribution in [2.45, 2.75) is 57.0 Å². The zero-order valence-electron chi connectivity index (χ0n) is 18.9. The van der Waals surface area contributed by atoms with Crippen molar-refractivity contribution in [2.24, 2.45) is 18.0 Å². The van der Waals surface area contributed by atoms with Crippen molar-refractivity contribution in [1.82, 2.24) is 30.2 Å². The number of likely N-dealkylation sites (tertiary alicyclic amines) is 1. The number of likely N-dealkylation sites (N-methyl/N-ethyl adjacent to an activating group) is 1. The molecule has 1 unspecified atom stereocenters.